The van der Waals surface area contributed by atoms with Gasteiger partial charge in [-0.1, -0.05) is 6.07 Å². The van der Waals surface area contributed by atoms with Crippen molar-refractivity contribution >= 4 is 10.0 Å². The molecular formula is C15H19N3O2S. The number of aromatic nitrogens is 2. The molecule has 1 aliphatic rings. The van der Waals surface area contributed by atoms with E-state index in [9.17, 15) is 8.42 Å². The second-order valence-electron chi connectivity index (χ2n) is 5.34. The van der Waals surface area contributed by atoms with Gasteiger partial charge in [-0.3, -0.25) is 0 Å². The van der Waals surface area contributed by atoms with Crippen molar-refractivity contribution in [3.8, 4) is 0 Å². The fraction of sp³-hybridized carbons (Fsp3) is 0.400. The highest BCUT2D eigenvalue weighted by Crippen LogP contribution is 2.23. The third-order valence-corrected chi connectivity index (χ3v) is 5.31. The molecule has 3 rings (SSSR count). The van der Waals surface area contributed by atoms with Crippen molar-refractivity contribution in [1.82, 2.24) is 14.3 Å². The third-order valence-electron chi connectivity index (χ3n) is 3.85. The van der Waals surface area contributed by atoms with Gasteiger partial charge in [0.05, 0.1) is 11.2 Å². The van der Waals surface area contributed by atoms with Gasteiger partial charge in [0.25, 0.3) is 0 Å². The Morgan fingerprint density at radius 3 is 2.76 bits per heavy atom. The van der Waals surface area contributed by atoms with Gasteiger partial charge in [-0.25, -0.2) is 18.1 Å². The van der Waals surface area contributed by atoms with E-state index in [4.69, 9.17) is 0 Å². The lowest BCUT2D eigenvalue weighted by atomic mass is 9.92. The second-order valence-corrected chi connectivity index (χ2v) is 7.10. The summed E-state index contributed by atoms with van der Waals surface area (Å²) in [5.41, 5.74) is 2.47. The lowest BCUT2D eigenvalue weighted by Crippen LogP contribution is -2.27. The lowest BCUT2D eigenvalue weighted by molar-refractivity contribution is 0.572. The van der Waals surface area contributed by atoms with Crippen LogP contribution in [0.15, 0.2) is 41.8 Å². The number of aryl methyl sites for hydroxylation is 2. The Hall–Kier alpha value is -1.66. The van der Waals surface area contributed by atoms with E-state index < -0.39 is 10.0 Å². The minimum Gasteiger partial charge on any atom is -0.336 e. The highest BCUT2D eigenvalue weighted by Gasteiger charge is 2.17. The monoisotopic (exact) mass is 305 g/mol. The average molecular weight is 305 g/mol. The van der Waals surface area contributed by atoms with E-state index in [0.717, 1.165) is 19.3 Å². The molecule has 0 radical (unpaired) electrons. The van der Waals surface area contributed by atoms with Crippen LogP contribution in [0.5, 0.6) is 0 Å². The Labute approximate surface area is 125 Å². The summed E-state index contributed by atoms with van der Waals surface area (Å²) in [6.45, 7) is 0.931. The van der Waals surface area contributed by atoms with Crippen LogP contribution in [0.3, 0.4) is 0 Å². The summed E-state index contributed by atoms with van der Waals surface area (Å²) in [6.07, 6.45) is 9.54. The van der Waals surface area contributed by atoms with Gasteiger partial charge in [0.1, 0.15) is 0 Å². The predicted molar refractivity (Wildman–Crippen MR) is 80.5 cm³/mol. The Kier molecular flexibility index (Phi) is 4.07. The molecule has 1 heterocycles. The van der Waals surface area contributed by atoms with Crippen LogP contribution in [0.25, 0.3) is 0 Å². The minimum absolute atomic E-state index is 0.357. The van der Waals surface area contributed by atoms with Crippen LogP contribution in [0.2, 0.25) is 0 Å². The van der Waals surface area contributed by atoms with Crippen LogP contribution in [0.4, 0.5) is 0 Å². The first-order valence-corrected chi connectivity index (χ1v) is 8.71. The first kappa shape index (κ1) is 14.3. The first-order valence-electron chi connectivity index (χ1n) is 7.22. The predicted octanol–water partition coefficient (Wildman–Crippen LogP) is 1.74. The summed E-state index contributed by atoms with van der Waals surface area (Å²) in [6, 6.07) is 5.50. The van der Waals surface area contributed by atoms with E-state index >= 15 is 0 Å². The topological polar surface area (TPSA) is 64.0 Å². The van der Waals surface area contributed by atoms with Crippen LogP contribution >= 0.6 is 0 Å². The summed E-state index contributed by atoms with van der Waals surface area (Å²) < 4.78 is 29.1. The van der Waals surface area contributed by atoms with E-state index in [1.807, 2.05) is 22.9 Å². The maximum atomic E-state index is 12.3. The third kappa shape index (κ3) is 3.33. The van der Waals surface area contributed by atoms with Crippen molar-refractivity contribution in [1.29, 1.82) is 0 Å². The van der Waals surface area contributed by atoms with Gasteiger partial charge in [0, 0.05) is 25.5 Å². The van der Waals surface area contributed by atoms with E-state index in [-0.39, 0.29) is 0 Å². The number of sulfonamides is 1. The van der Waals surface area contributed by atoms with E-state index in [1.165, 1.54) is 17.5 Å². The number of hydrogen-bond acceptors (Lipinski definition) is 3. The first-order chi connectivity index (χ1) is 10.1. The van der Waals surface area contributed by atoms with Gasteiger partial charge in [0.2, 0.25) is 10.0 Å². The summed E-state index contributed by atoms with van der Waals surface area (Å²) >= 11 is 0. The zero-order valence-corrected chi connectivity index (χ0v) is 12.6. The van der Waals surface area contributed by atoms with Gasteiger partial charge in [0.15, 0.2) is 0 Å². The lowest BCUT2D eigenvalue weighted by Gasteiger charge is -2.16. The molecule has 2 aromatic rings. The molecule has 1 N–H and O–H groups in total. The molecule has 6 heteroatoms. The maximum Gasteiger partial charge on any atom is 0.240 e. The number of fused-ring (bicyclic) bond motifs is 1. The van der Waals surface area contributed by atoms with Crippen molar-refractivity contribution in [3.05, 3.63) is 48.0 Å². The fourth-order valence-electron chi connectivity index (χ4n) is 2.69. The van der Waals surface area contributed by atoms with Crippen molar-refractivity contribution in [3.63, 3.8) is 0 Å². The molecule has 0 fully saturated rings. The number of nitrogens with zero attached hydrogens (tertiary/aromatic N) is 2. The van der Waals surface area contributed by atoms with Crippen LogP contribution < -0.4 is 4.72 Å². The Balaban J connectivity index is 1.69. The number of hydrogen-bond donors (Lipinski definition) is 1. The van der Waals surface area contributed by atoms with E-state index in [2.05, 4.69) is 9.71 Å². The van der Waals surface area contributed by atoms with Crippen molar-refractivity contribution in [2.45, 2.75) is 37.1 Å². The average Bonchev–Trinajstić information content (AvgIpc) is 3.00. The molecule has 0 atom stereocenters. The highest BCUT2D eigenvalue weighted by molar-refractivity contribution is 7.89. The molecule has 0 aliphatic heterocycles. The molecule has 5 nitrogen and oxygen atoms in total. The standard InChI is InChI=1S/C15H19N3O2S/c19-21(20,17-8-10-18-9-7-16-12-18)15-6-5-13-3-1-2-4-14(13)11-15/h5-7,9,11-12,17H,1-4,8,10H2. The van der Waals surface area contributed by atoms with Crippen molar-refractivity contribution in [2.24, 2.45) is 0 Å². The Morgan fingerprint density at radius 2 is 2.00 bits per heavy atom. The number of imidazole rings is 1. The molecule has 1 aromatic carbocycles. The number of nitrogens with one attached hydrogen (secondary N) is 1. The molecule has 0 saturated carbocycles. The minimum atomic E-state index is -3.43. The molecule has 0 spiro atoms. The smallest absolute Gasteiger partial charge is 0.240 e. The molecule has 1 aromatic heterocycles. The highest BCUT2D eigenvalue weighted by atomic mass is 32.2. The molecule has 1 aliphatic carbocycles. The van der Waals surface area contributed by atoms with Crippen LogP contribution in [-0.2, 0) is 29.4 Å². The molecule has 112 valence electrons. The van der Waals surface area contributed by atoms with Gasteiger partial charge in [-0.2, -0.15) is 0 Å². The van der Waals surface area contributed by atoms with E-state index in [0.29, 0.717) is 18.0 Å². The number of rotatable bonds is 5. The van der Waals surface area contributed by atoms with E-state index in [1.54, 1.807) is 18.6 Å². The van der Waals surface area contributed by atoms with Gasteiger partial charge >= 0.3 is 0 Å². The molecule has 0 unspecified atom stereocenters. The molecule has 0 saturated heterocycles. The van der Waals surface area contributed by atoms with Crippen LogP contribution in [0, 0.1) is 0 Å². The fourth-order valence-corrected chi connectivity index (χ4v) is 3.76. The molecule has 0 bridgehead atoms. The largest absolute Gasteiger partial charge is 0.336 e. The van der Waals surface area contributed by atoms with Crippen LogP contribution in [0.1, 0.15) is 24.0 Å². The number of benzene rings is 1. The zero-order chi connectivity index (χ0) is 14.7. The molecular weight excluding hydrogens is 286 g/mol. The van der Waals surface area contributed by atoms with Crippen LogP contribution in [-0.4, -0.2) is 24.5 Å². The molecule has 0 amide bonds. The summed E-state index contributed by atoms with van der Waals surface area (Å²) in [7, 11) is -3.43. The van der Waals surface area contributed by atoms with Gasteiger partial charge < -0.3 is 4.57 Å². The quantitative estimate of drug-likeness (QED) is 0.915. The Bertz CT molecular complexity index is 709. The van der Waals surface area contributed by atoms with Crippen molar-refractivity contribution in [2.75, 3.05) is 6.54 Å². The molecule has 21 heavy (non-hydrogen) atoms. The summed E-state index contributed by atoms with van der Waals surface area (Å²) in [5, 5.41) is 0. The zero-order valence-electron chi connectivity index (χ0n) is 11.8. The second kappa shape index (κ2) is 5.99. The van der Waals surface area contributed by atoms with Gasteiger partial charge in [-0.05, 0) is 48.9 Å². The van der Waals surface area contributed by atoms with Crippen molar-refractivity contribution < 1.29 is 8.42 Å². The summed E-state index contributed by atoms with van der Waals surface area (Å²) in [4.78, 5) is 4.30. The Morgan fingerprint density at radius 1 is 1.19 bits per heavy atom. The maximum absolute atomic E-state index is 12.3. The summed E-state index contributed by atoms with van der Waals surface area (Å²) in [5.74, 6) is 0. The van der Waals surface area contributed by atoms with Gasteiger partial charge in [-0.15, -0.1) is 0 Å². The normalized spacial score (nSPS) is 14.9. The SMILES string of the molecule is O=S(=O)(NCCn1ccnc1)c1ccc2c(c1)CCCC2.